The van der Waals surface area contributed by atoms with Crippen LogP contribution in [0.1, 0.15) is 10.4 Å². The molecule has 1 amide bonds. The Morgan fingerprint density at radius 3 is 2.34 bits per heavy atom. The number of aromatic nitrogens is 3. The van der Waals surface area contributed by atoms with E-state index in [0.717, 1.165) is 0 Å². The Bertz CT molecular complexity index is 1450. The largest absolute Gasteiger partial charge is 0.383 e. The number of anilines is 1. The molecule has 4 aromatic rings. The number of fused-ring (bicyclic) bond motifs is 1. The number of hydrogen-bond acceptors (Lipinski definition) is 8. The minimum atomic E-state index is -3.84. The summed E-state index contributed by atoms with van der Waals surface area (Å²) in [6, 6.07) is 12.2. The van der Waals surface area contributed by atoms with Crippen LogP contribution in [-0.4, -0.2) is 80.5 Å². The van der Waals surface area contributed by atoms with E-state index in [1.165, 1.54) is 65.1 Å². The van der Waals surface area contributed by atoms with E-state index in [-0.39, 0.29) is 48.8 Å². The zero-order valence-electron chi connectivity index (χ0n) is 21.0. The number of benzene rings is 2. The van der Waals surface area contributed by atoms with Gasteiger partial charge in [-0.05, 0) is 42.5 Å². The number of carbonyl (C=O) groups excluding carboxylic acids is 1. The first-order chi connectivity index (χ1) is 18.3. The van der Waals surface area contributed by atoms with Crippen molar-refractivity contribution >= 4 is 42.6 Å². The van der Waals surface area contributed by atoms with Crippen molar-refractivity contribution in [3.8, 4) is 0 Å². The Morgan fingerprint density at radius 2 is 1.74 bits per heavy atom. The van der Waals surface area contributed by atoms with Gasteiger partial charge in [-0.15, -0.1) is 0 Å². The molecule has 202 valence electrons. The first-order valence-corrected chi connectivity index (χ1v) is 14.0. The average molecular weight is 562 g/mol. The zero-order valence-corrected chi connectivity index (χ0v) is 22.6. The van der Waals surface area contributed by atoms with E-state index in [1.807, 2.05) is 0 Å². The lowest BCUT2D eigenvalue weighted by Gasteiger charge is -2.22. The number of para-hydroxylation sites is 1. The molecule has 38 heavy (non-hydrogen) atoms. The van der Waals surface area contributed by atoms with E-state index in [1.54, 1.807) is 35.3 Å². The van der Waals surface area contributed by atoms with Gasteiger partial charge in [0.1, 0.15) is 11.3 Å². The number of ether oxygens (including phenoxy) is 2. The van der Waals surface area contributed by atoms with Crippen molar-refractivity contribution in [3.05, 3.63) is 72.3 Å². The van der Waals surface area contributed by atoms with E-state index in [4.69, 9.17) is 9.47 Å². The van der Waals surface area contributed by atoms with E-state index in [2.05, 4.69) is 10.1 Å². The normalized spacial score (nSPS) is 11.9. The molecule has 0 bridgehead atoms. The quantitative estimate of drug-likeness (QED) is 0.247. The van der Waals surface area contributed by atoms with Gasteiger partial charge >= 0.3 is 0 Å². The van der Waals surface area contributed by atoms with Gasteiger partial charge in [0.05, 0.1) is 29.4 Å². The molecule has 0 N–H and O–H groups in total. The second-order valence-electron chi connectivity index (χ2n) is 8.22. The molecule has 13 heteroatoms. The second-order valence-corrected chi connectivity index (χ2v) is 11.2. The molecule has 2 aromatic carbocycles. The van der Waals surface area contributed by atoms with Crippen LogP contribution < -0.4 is 4.90 Å². The van der Waals surface area contributed by atoms with E-state index in [9.17, 15) is 17.6 Å². The predicted octanol–water partition coefficient (Wildman–Crippen LogP) is 3.26. The highest BCUT2D eigenvalue weighted by Gasteiger charge is 2.26. The summed E-state index contributed by atoms with van der Waals surface area (Å²) in [5, 5.41) is 4.52. The lowest BCUT2D eigenvalue weighted by atomic mass is 10.2. The lowest BCUT2D eigenvalue weighted by Crippen LogP contribution is -2.36. The highest BCUT2D eigenvalue weighted by Crippen LogP contribution is 2.31. The summed E-state index contributed by atoms with van der Waals surface area (Å²) in [6.45, 7) is 1.40. The molecule has 0 saturated carbocycles. The fraction of sp³-hybridized carbons (Fsp3) is 0.320. The van der Waals surface area contributed by atoms with Crippen LogP contribution >= 0.6 is 11.3 Å². The van der Waals surface area contributed by atoms with Gasteiger partial charge in [-0.25, -0.2) is 17.8 Å². The Kier molecular flexibility index (Phi) is 9.17. The van der Waals surface area contributed by atoms with Crippen molar-refractivity contribution < 1.29 is 27.1 Å². The van der Waals surface area contributed by atoms with Gasteiger partial charge in [0.25, 0.3) is 5.91 Å². The summed E-state index contributed by atoms with van der Waals surface area (Å²) in [4.78, 5) is 19.5. The van der Waals surface area contributed by atoms with Crippen molar-refractivity contribution in [3.63, 3.8) is 0 Å². The SMILES string of the molecule is COCCN(CCOC)S(=O)(=O)c1ccc(C(=O)N(CCn2cccn2)c2nc3c(F)cccc3s2)cc1. The molecule has 2 aromatic heterocycles. The molecule has 4 rings (SSSR count). The van der Waals surface area contributed by atoms with Crippen molar-refractivity contribution in [1.29, 1.82) is 0 Å². The maximum Gasteiger partial charge on any atom is 0.260 e. The highest BCUT2D eigenvalue weighted by atomic mass is 32.2. The molecule has 0 unspecified atom stereocenters. The number of methoxy groups -OCH3 is 2. The van der Waals surface area contributed by atoms with Crippen molar-refractivity contribution in [2.45, 2.75) is 11.4 Å². The maximum absolute atomic E-state index is 14.3. The zero-order chi connectivity index (χ0) is 27.1. The molecule has 0 aliphatic rings. The first kappa shape index (κ1) is 27.8. The van der Waals surface area contributed by atoms with E-state index in [0.29, 0.717) is 16.4 Å². The summed E-state index contributed by atoms with van der Waals surface area (Å²) in [7, 11) is -0.839. The maximum atomic E-state index is 14.3. The monoisotopic (exact) mass is 561 g/mol. The molecular formula is C25H28FN5O5S2. The van der Waals surface area contributed by atoms with E-state index < -0.39 is 21.7 Å². The third-order valence-corrected chi connectivity index (χ3v) is 8.73. The molecule has 10 nitrogen and oxygen atoms in total. The van der Waals surface area contributed by atoms with Gasteiger partial charge in [-0.2, -0.15) is 9.40 Å². The number of amides is 1. The van der Waals surface area contributed by atoms with Gasteiger partial charge in [0.15, 0.2) is 5.13 Å². The third-order valence-electron chi connectivity index (χ3n) is 5.78. The van der Waals surface area contributed by atoms with Crippen LogP contribution in [0.3, 0.4) is 0 Å². The molecule has 0 aliphatic heterocycles. The van der Waals surface area contributed by atoms with Crippen LogP contribution in [0.2, 0.25) is 0 Å². The second kappa shape index (κ2) is 12.5. The van der Waals surface area contributed by atoms with Crippen molar-refractivity contribution in [2.24, 2.45) is 0 Å². The summed E-state index contributed by atoms with van der Waals surface area (Å²) in [5.41, 5.74) is 0.461. The first-order valence-electron chi connectivity index (χ1n) is 11.8. The molecule has 0 saturated heterocycles. The smallest absolute Gasteiger partial charge is 0.260 e. The van der Waals surface area contributed by atoms with Crippen molar-refractivity contribution in [1.82, 2.24) is 19.1 Å². The molecule has 0 fully saturated rings. The summed E-state index contributed by atoms with van der Waals surface area (Å²) < 4.78 is 54.4. The van der Waals surface area contributed by atoms with Gasteiger partial charge in [0.2, 0.25) is 10.0 Å². The fourth-order valence-electron chi connectivity index (χ4n) is 3.75. The van der Waals surface area contributed by atoms with Crippen LogP contribution in [0.25, 0.3) is 10.2 Å². The minimum absolute atomic E-state index is 0.0476. The minimum Gasteiger partial charge on any atom is -0.383 e. The van der Waals surface area contributed by atoms with Gasteiger partial charge < -0.3 is 9.47 Å². The Hall–Kier alpha value is -3.23. The van der Waals surface area contributed by atoms with Gasteiger partial charge in [-0.1, -0.05) is 17.4 Å². The molecule has 0 aliphatic carbocycles. The number of hydrogen-bond donors (Lipinski definition) is 0. The topological polar surface area (TPSA) is 107 Å². The Balaban J connectivity index is 1.61. The highest BCUT2D eigenvalue weighted by molar-refractivity contribution is 7.89. The molecule has 0 radical (unpaired) electrons. The fourth-order valence-corrected chi connectivity index (χ4v) is 6.16. The Morgan fingerprint density at radius 1 is 1.03 bits per heavy atom. The van der Waals surface area contributed by atoms with Gasteiger partial charge in [-0.3, -0.25) is 14.4 Å². The van der Waals surface area contributed by atoms with Crippen LogP contribution in [0.4, 0.5) is 9.52 Å². The third kappa shape index (κ3) is 6.25. The van der Waals surface area contributed by atoms with Crippen molar-refractivity contribution in [2.75, 3.05) is 52.0 Å². The lowest BCUT2D eigenvalue weighted by molar-refractivity contribution is 0.0985. The summed E-state index contributed by atoms with van der Waals surface area (Å²) in [6.07, 6.45) is 3.42. The average Bonchev–Trinajstić information content (AvgIpc) is 3.60. The Labute approximate surface area is 224 Å². The standard InChI is InChI=1S/C25H28FN5O5S2/c1-35-17-15-30(16-18-36-2)38(33,34)20-9-7-19(8-10-20)24(32)31(14-13-29-12-4-11-27-29)25-28-23-21(26)5-3-6-22(23)37-25/h3-12H,13-18H2,1-2H3. The van der Waals surface area contributed by atoms with Crippen LogP contribution in [0.5, 0.6) is 0 Å². The molecule has 0 atom stereocenters. The predicted molar refractivity (Wildman–Crippen MR) is 142 cm³/mol. The number of sulfonamides is 1. The van der Waals surface area contributed by atoms with Crippen LogP contribution in [-0.2, 0) is 26.0 Å². The van der Waals surface area contributed by atoms with Gasteiger partial charge in [0, 0.05) is 51.8 Å². The number of thiazole rings is 1. The summed E-state index contributed by atoms with van der Waals surface area (Å²) >= 11 is 1.20. The molecule has 0 spiro atoms. The number of carbonyl (C=O) groups is 1. The van der Waals surface area contributed by atoms with E-state index >= 15 is 0 Å². The van der Waals surface area contributed by atoms with Crippen LogP contribution in [0.15, 0.2) is 65.8 Å². The number of nitrogens with zero attached hydrogens (tertiary/aromatic N) is 5. The summed E-state index contributed by atoms with van der Waals surface area (Å²) in [5.74, 6) is -0.860. The number of halogens is 1. The molecule has 2 heterocycles. The number of rotatable bonds is 13. The molecular weight excluding hydrogens is 533 g/mol. The van der Waals surface area contributed by atoms with Crippen LogP contribution in [0, 0.1) is 5.82 Å².